The lowest BCUT2D eigenvalue weighted by Gasteiger charge is -2.33. The van der Waals surface area contributed by atoms with Gasteiger partial charge in [-0.25, -0.2) is 0 Å². The van der Waals surface area contributed by atoms with Crippen molar-refractivity contribution in [1.82, 2.24) is 19.8 Å². The van der Waals surface area contributed by atoms with Gasteiger partial charge in [0.25, 0.3) is 5.91 Å². The fourth-order valence-electron chi connectivity index (χ4n) is 4.17. The quantitative estimate of drug-likeness (QED) is 0.693. The molecule has 4 rings (SSSR count). The number of hydrogen-bond acceptors (Lipinski definition) is 6. The summed E-state index contributed by atoms with van der Waals surface area (Å²) < 4.78 is 9.68. The molecule has 7 nitrogen and oxygen atoms in total. The Morgan fingerprint density at radius 2 is 1.97 bits per heavy atom. The van der Waals surface area contributed by atoms with Crippen LogP contribution in [-0.4, -0.2) is 45.0 Å². The van der Waals surface area contributed by atoms with Crippen molar-refractivity contribution < 1.29 is 14.3 Å². The van der Waals surface area contributed by atoms with Crippen LogP contribution in [-0.2, 0) is 4.79 Å². The third-order valence-electron chi connectivity index (χ3n) is 5.75. The van der Waals surface area contributed by atoms with Gasteiger partial charge in [0.05, 0.1) is 6.61 Å². The number of carbonyl (C=O) groups is 2. The van der Waals surface area contributed by atoms with Crippen molar-refractivity contribution in [2.45, 2.75) is 70.0 Å². The van der Waals surface area contributed by atoms with E-state index in [9.17, 15) is 9.59 Å². The van der Waals surface area contributed by atoms with Crippen LogP contribution < -0.4 is 10.1 Å². The second-order valence-electron chi connectivity index (χ2n) is 7.95. The molecular weight excluding hydrogens is 400 g/mol. The van der Waals surface area contributed by atoms with Crippen molar-refractivity contribution >= 4 is 23.3 Å². The van der Waals surface area contributed by atoms with E-state index in [0.717, 1.165) is 55.6 Å². The monoisotopic (exact) mass is 428 g/mol. The molecule has 1 aromatic heterocycles. The van der Waals surface area contributed by atoms with E-state index in [1.54, 1.807) is 10.3 Å². The van der Waals surface area contributed by atoms with E-state index in [1.807, 2.05) is 31.2 Å². The molecular formula is C22H28N4O3S. The number of nitrogens with zero attached hydrogens (tertiary/aromatic N) is 3. The number of para-hydroxylation sites is 1. The van der Waals surface area contributed by atoms with E-state index in [-0.39, 0.29) is 29.6 Å². The summed E-state index contributed by atoms with van der Waals surface area (Å²) in [7, 11) is 0. The van der Waals surface area contributed by atoms with Crippen LogP contribution in [0.5, 0.6) is 5.75 Å². The zero-order valence-electron chi connectivity index (χ0n) is 17.3. The molecule has 30 heavy (non-hydrogen) atoms. The van der Waals surface area contributed by atoms with Crippen molar-refractivity contribution in [1.29, 1.82) is 0 Å². The van der Waals surface area contributed by atoms with Crippen molar-refractivity contribution in [3.8, 4) is 5.75 Å². The maximum Gasteiger partial charge on any atom is 0.276 e. The van der Waals surface area contributed by atoms with Crippen molar-refractivity contribution in [3.05, 3.63) is 40.9 Å². The summed E-state index contributed by atoms with van der Waals surface area (Å²) in [5, 5.41) is 8.84. The second kappa shape index (κ2) is 9.55. The van der Waals surface area contributed by atoms with Crippen LogP contribution in [0.15, 0.2) is 29.6 Å². The molecule has 0 unspecified atom stereocenters. The Labute approximate surface area is 181 Å². The lowest BCUT2D eigenvalue weighted by atomic mass is 9.94. The number of nitrogens with one attached hydrogen (secondary N) is 1. The molecule has 2 saturated carbocycles. The maximum absolute atomic E-state index is 13.6. The Bertz CT molecular complexity index is 863. The van der Waals surface area contributed by atoms with Gasteiger partial charge >= 0.3 is 0 Å². The summed E-state index contributed by atoms with van der Waals surface area (Å²) in [6.45, 7) is 2.40. The number of carbonyl (C=O) groups excluding carboxylic acids is 2. The predicted molar refractivity (Wildman–Crippen MR) is 114 cm³/mol. The van der Waals surface area contributed by atoms with E-state index >= 15 is 0 Å². The first-order valence-electron chi connectivity index (χ1n) is 10.8. The zero-order valence-corrected chi connectivity index (χ0v) is 18.1. The standard InChI is InChI=1S/C22H28N4O3S/c1-2-29-19-11-7-6-10-17(19)20(21(27)23-15-8-4-3-5-9-15)26(16-12-13-16)22(28)18-14-30-25-24-18/h6-7,10-11,14-16,20H,2-5,8-9,12-13H2,1H3,(H,23,27)/t20-/m1/s1. The number of rotatable bonds is 8. The molecule has 1 N–H and O–H groups in total. The van der Waals surface area contributed by atoms with Gasteiger partial charge in [-0.05, 0) is 50.2 Å². The molecule has 0 aliphatic heterocycles. The third kappa shape index (κ3) is 4.64. The highest BCUT2D eigenvalue weighted by atomic mass is 32.1. The largest absolute Gasteiger partial charge is 0.494 e. The topological polar surface area (TPSA) is 84.4 Å². The number of benzene rings is 1. The van der Waals surface area contributed by atoms with Gasteiger partial charge in [0.1, 0.15) is 11.8 Å². The van der Waals surface area contributed by atoms with Gasteiger partial charge in [-0.15, -0.1) is 5.10 Å². The summed E-state index contributed by atoms with van der Waals surface area (Å²) >= 11 is 1.14. The highest BCUT2D eigenvalue weighted by Crippen LogP contribution is 2.39. The number of ether oxygens (including phenoxy) is 1. The van der Waals surface area contributed by atoms with E-state index in [2.05, 4.69) is 14.9 Å². The molecule has 2 aliphatic carbocycles. The van der Waals surface area contributed by atoms with Crippen LogP contribution in [0.4, 0.5) is 0 Å². The Morgan fingerprint density at radius 1 is 1.20 bits per heavy atom. The summed E-state index contributed by atoms with van der Waals surface area (Å²) in [6.07, 6.45) is 7.20. The van der Waals surface area contributed by atoms with E-state index in [0.29, 0.717) is 12.4 Å². The normalized spacial score (nSPS) is 17.9. The number of amides is 2. The van der Waals surface area contributed by atoms with Gasteiger partial charge in [-0.1, -0.05) is 41.9 Å². The summed E-state index contributed by atoms with van der Waals surface area (Å²) in [5.74, 6) is 0.248. The molecule has 0 saturated heterocycles. The van der Waals surface area contributed by atoms with E-state index in [1.165, 1.54) is 6.42 Å². The van der Waals surface area contributed by atoms with Gasteiger partial charge < -0.3 is 15.0 Å². The first kappa shape index (κ1) is 20.8. The van der Waals surface area contributed by atoms with Crippen LogP contribution in [0.2, 0.25) is 0 Å². The minimum atomic E-state index is -0.753. The predicted octanol–water partition coefficient (Wildman–Crippen LogP) is 3.73. The fourth-order valence-corrected chi connectivity index (χ4v) is 4.60. The lowest BCUT2D eigenvalue weighted by Crippen LogP contribution is -2.48. The molecule has 2 fully saturated rings. The molecule has 1 heterocycles. The summed E-state index contributed by atoms with van der Waals surface area (Å²) in [5.41, 5.74) is 1.01. The van der Waals surface area contributed by atoms with Crippen molar-refractivity contribution in [2.24, 2.45) is 0 Å². The van der Waals surface area contributed by atoms with Gasteiger partial charge in [0, 0.05) is 23.0 Å². The average Bonchev–Trinajstić information content (AvgIpc) is 3.44. The molecule has 8 heteroatoms. The van der Waals surface area contributed by atoms with Crippen molar-refractivity contribution in [2.75, 3.05) is 6.61 Å². The van der Waals surface area contributed by atoms with Crippen LogP contribution >= 0.6 is 11.5 Å². The third-order valence-corrected chi connectivity index (χ3v) is 6.25. The summed E-state index contributed by atoms with van der Waals surface area (Å²) in [6, 6.07) is 6.95. The molecule has 2 aliphatic rings. The summed E-state index contributed by atoms with van der Waals surface area (Å²) in [4.78, 5) is 28.7. The maximum atomic E-state index is 13.6. The lowest BCUT2D eigenvalue weighted by molar-refractivity contribution is -0.127. The van der Waals surface area contributed by atoms with E-state index < -0.39 is 6.04 Å². The van der Waals surface area contributed by atoms with Crippen LogP contribution in [0.25, 0.3) is 0 Å². The fraction of sp³-hybridized carbons (Fsp3) is 0.545. The molecule has 0 bridgehead atoms. The first-order chi connectivity index (χ1) is 14.7. The zero-order chi connectivity index (χ0) is 20.9. The highest BCUT2D eigenvalue weighted by molar-refractivity contribution is 7.03. The smallest absolute Gasteiger partial charge is 0.276 e. The number of hydrogen-bond donors (Lipinski definition) is 1. The van der Waals surface area contributed by atoms with Gasteiger partial charge in [-0.3, -0.25) is 9.59 Å². The van der Waals surface area contributed by atoms with Crippen LogP contribution in [0.3, 0.4) is 0 Å². The SMILES string of the molecule is CCOc1ccccc1[C@H](C(=O)NC1CCCCC1)N(C(=O)c1csnn1)C1CC1. The molecule has 1 aromatic carbocycles. The Kier molecular flexibility index (Phi) is 6.62. The average molecular weight is 429 g/mol. The second-order valence-corrected chi connectivity index (χ2v) is 8.56. The molecule has 0 radical (unpaired) electrons. The van der Waals surface area contributed by atoms with Crippen molar-refractivity contribution in [3.63, 3.8) is 0 Å². The molecule has 1 atom stereocenters. The highest BCUT2D eigenvalue weighted by Gasteiger charge is 2.43. The minimum absolute atomic E-state index is 0.0241. The molecule has 2 aromatic rings. The van der Waals surface area contributed by atoms with Gasteiger partial charge in [0.2, 0.25) is 5.91 Å². The molecule has 160 valence electrons. The van der Waals surface area contributed by atoms with Crippen LogP contribution in [0, 0.1) is 0 Å². The Hall–Kier alpha value is -2.48. The van der Waals surface area contributed by atoms with Gasteiger partial charge in [0.15, 0.2) is 5.69 Å². The Morgan fingerprint density at radius 3 is 2.63 bits per heavy atom. The minimum Gasteiger partial charge on any atom is -0.494 e. The molecule has 2 amide bonds. The van der Waals surface area contributed by atoms with Gasteiger partial charge in [-0.2, -0.15) is 0 Å². The molecule has 0 spiro atoms. The van der Waals surface area contributed by atoms with E-state index in [4.69, 9.17) is 4.74 Å². The number of aromatic nitrogens is 2. The first-order valence-corrected chi connectivity index (χ1v) is 11.6. The Balaban J connectivity index is 1.70. The van der Waals surface area contributed by atoms with Crippen LogP contribution in [0.1, 0.15) is 74.0 Å².